The van der Waals surface area contributed by atoms with Gasteiger partial charge in [0.2, 0.25) is 0 Å². The number of carbonyl (C=O) groups excluding carboxylic acids is 1. The van der Waals surface area contributed by atoms with Crippen LogP contribution in [0.2, 0.25) is 0 Å². The van der Waals surface area contributed by atoms with Gasteiger partial charge in [-0.05, 0) is 51.3 Å². The Labute approximate surface area is 115 Å². The summed E-state index contributed by atoms with van der Waals surface area (Å²) in [5.74, 6) is 1.06. The number of carbonyl (C=O) groups is 1. The monoisotopic (exact) mass is 262 g/mol. The molecule has 0 unspecified atom stereocenters. The van der Waals surface area contributed by atoms with Crippen molar-refractivity contribution in [3.63, 3.8) is 0 Å². The van der Waals surface area contributed by atoms with Crippen molar-refractivity contribution in [2.75, 3.05) is 19.7 Å². The van der Waals surface area contributed by atoms with Crippen molar-refractivity contribution in [1.29, 1.82) is 0 Å². The van der Waals surface area contributed by atoms with Crippen LogP contribution in [0.15, 0.2) is 18.2 Å². The minimum Gasteiger partial charge on any atom is -0.493 e. The molecular weight excluding hydrogens is 238 g/mol. The normalized spacial score (nSPS) is 16.3. The first-order chi connectivity index (χ1) is 9.20. The van der Waals surface area contributed by atoms with E-state index in [1.807, 2.05) is 25.1 Å². The van der Waals surface area contributed by atoms with Crippen molar-refractivity contribution in [3.05, 3.63) is 29.3 Å². The highest BCUT2D eigenvalue weighted by molar-refractivity contribution is 5.94. The van der Waals surface area contributed by atoms with Crippen LogP contribution in [0, 0.1) is 0 Å². The minimum atomic E-state index is 0.123. The molecule has 1 fully saturated rings. The number of hydrogen-bond donors (Lipinski definition) is 1. The van der Waals surface area contributed by atoms with Gasteiger partial charge >= 0.3 is 0 Å². The summed E-state index contributed by atoms with van der Waals surface area (Å²) >= 11 is 0. The van der Waals surface area contributed by atoms with Crippen molar-refractivity contribution < 1.29 is 14.4 Å². The van der Waals surface area contributed by atoms with E-state index >= 15 is 0 Å². The number of piperidine rings is 1. The van der Waals surface area contributed by atoms with Crippen LogP contribution in [0.3, 0.4) is 0 Å². The lowest BCUT2D eigenvalue weighted by atomic mass is 10.0. The molecule has 3 heteroatoms. The summed E-state index contributed by atoms with van der Waals surface area (Å²) in [5.41, 5.74) is 1.96. The molecule has 1 heterocycles. The summed E-state index contributed by atoms with van der Waals surface area (Å²) in [7, 11) is 0. The molecular formula is C16H24NO2+. The Hall–Kier alpha value is -1.35. The number of likely N-dealkylation sites (tertiary alicyclic amines) is 1. The van der Waals surface area contributed by atoms with Crippen molar-refractivity contribution >= 4 is 5.78 Å². The minimum absolute atomic E-state index is 0.123. The highest BCUT2D eigenvalue weighted by atomic mass is 16.5. The van der Waals surface area contributed by atoms with Gasteiger partial charge in [0.15, 0.2) is 5.78 Å². The van der Waals surface area contributed by atoms with Gasteiger partial charge in [-0.2, -0.15) is 0 Å². The Morgan fingerprint density at radius 3 is 2.63 bits per heavy atom. The average Bonchev–Trinajstić information content (AvgIpc) is 2.42. The molecule has 0 bridgehead atoms. The second-order valence-corrected chi connectivity index (χ2v) is 5.30. The van der Waals surface area contributed by atoms with Crippen LogP contribution in [0.1, 0.15) is 49.0 Å². The third kappa shape index (κ3) is 3.80. The number of ketones is 1. The summed E-state index contributed by atoms with van der Waals surface area (Å²) in [4.78, 5) is 13.1. The molecule has 1 saturated heterocycles. The number of benzene rings is 1. The first-order valence-corrected chi connectivity index (χ1v) is 7.31. The number of ether oxygens (including phenoxy) is 1. The molecule has 2 rings (SSSR count). The number of Topliss-reactive ketones (excluding diaryl/α,β-unsaturated/α-hetero) is 1. The van der Waals surface area contributed by atoms with Gasteiger partial charge in [0, 0.05) is 11.1 Å². The molecule has 104 valence electrons. The second-order valence-electron chi connectivity index (χ2n) is 5.30. The van der Waals surface area contributed by atoms with Crippen LogP contribution < -0.4 is 9.64 Å². The molecule has 3 nitrogen and oxygen atoms in total. The molecule has 0 amide bonds. The maximum atomic E-state index is 11.5. The van der Waals surface area contributed by atoms with Gasteiger partial charge in [0.25, 0.3) is 0 Å². The molecule has 19 heavy (non-hydrogen) atoms. The van der Waals surface area contributed by atoms with Crippen LogP contribution in [-0.4, -0.2) is 25.5 Å². The van der Waals surface area contributed by atoms with E-state index in [1.54, 1.807) is 11.8 Å². The fourth-order valence-electron chi connectivity index (χ4n) is 2.73. The van der Waals surface area contributed by atoms with Crippen molar-refractivity contribution in [1.82, 2.24) is 0 Å². The smallest absolute Gasteiger partial charge is 0.159 e. The SMILES string of the molecule is CCOc1ccc(C(C)=O)cc1C[NH+]1CCCCC1. The molecule has 0 aliphatic carbocycles. The lowest BCUT2D eigenvalue weighted by molar-refractivity contribution is -0.918. The van der Waals surface area contributed by atoms with Crippen molar-refractivity contribution in [2.45, 2.75) is 39.7 Å². The molecule has 0 spiro atoms. The Morgan fingerprint density at radius 2 is 2.00 bits per heavy atom. The van der Waals surface area contributed by atoms with Gasteiger partial charge in [-0.25, -0.2) is 0 Å². The fraction of sp³-hybridized carbons (Fsp3) is 0.562. The Bertz CT molecular complexity index is 436. The van der Waals surface area contributed by atoms with Crippen LogP contribution in [0.5, 0.6) is 5.75 Å². The largest absolute Gasteiger partial charge is 0.493 e. The quantitative estimate of drug-likeness (QED) is 0.821. The van der Waals surface area contributed by atoms with E-state index in [4.69, 9.17) is 4.74 Å². The highest BCUT2D eigenvalue weighted by Crippen LogP contribution is 2.20. The number of quaternary nitrogens is 1. The van der Waals surface area contributed by atoms with E-state index < -0.39 is 0 Å². The Balaban J connectivity index is 2.18. The van der Waals surface area contributed by atoms with Crippen molar-refractivity contribution in [3.8, 4) is 5.75 Å². The van der Waals surface area contributed by atoms with Crippen LogP contribution in [0.25, 0.3) is 0 Å². The molecule has 0 saturated carbocycles. The van der Waals surface area contributed by atoms with E-state index in [1.165, 1.54) is 37.9 Å². The molecule has 1 aliphatic rings. The van der Waals surface area contributed by atoms with Gasteiger partial charge in [-0.15, -0.1) is 0 Å². The lowest BCUT2D eigenvalue weighted by Gasteiger charge is -2.24. The van der Waals surface area contributed by atoms with Gasteiger partial charge in [0.1, 0.15) is 12.3 Å². The molecule has 1 aliphatic heterocycles. The third-order valence-electron chi connectivity index (χ3n) is 3.77. The third-order valence-corrected chi connectivity index (χ3v) is 3.77. The van der Waals surface area contributed by atoms with Gasteiger partial charge in [0.05, 0.1) is 19.7 Å². The first-order valence-electron chi connectivity index (χ1n) is 7.31. The zero-order valence-corrected chi connectivity index (χ0v) is 12.0. The number of nitrogens with one attached hydrogen (secondary N) is 1. The lowest BCUT2D eigenvalue weighted by Crippen LogP contribution is -3.11. The standard InChI is InChI=1S/C16H23NO2/c1-3-19-16-8-7-14(13(2)18)11-15(16)12-17-9-5-4-6-10-17/h7-8,11H,3-6,9-10,12H2,1-2H3/p+1. The maximum Gasteiger partial charge on any atom is 0.159 e. The zero-order chi connectivity index (χ0) is 13.7. The van der Waals surface area contributed by atoms with E-state index in [-0.39, 0.29) is 5.78 Å². The summed E-state index contributed by atoms with van der Waals surface area (Å²) in [6.45, 7) is 7.72. The molecule has 1 aromatic rings. The zero-order valence-electron chi connectivity index (χ0n) is 12.0. The topological polar surface area (TPSA) is 30.7 Å². The predicted molar refractivity (Wildman–Crippen MR) is 75.9 cm³/mol. The predicted octanol–water partition coefficient (Wildman–Crippen LogP) is 1.86. The van der Waals surface area contributed by atoms with Gasteiger partial charge in [-0.3, -0.25) is 4.79 Å². The second kappa shape index (κ2) is 6.71. The molecule has 0 atom stereocenters. The molecule has 0 radical (unpaired) electrons. The van der Waals surface area contributed by atoms with Gasteiger partial charge in [-0.1, -0.05) is 0 Å². The summed E-state index contributed by atoms with van der Waals surface area (Å²) in [5, 5.41) is 0. The summed E-state index contributed by atoms with van der Waals surface area (Å²) in [6.07, 6.45) is 3.98. The average molecular weight is 262 g/mol. The fourth-order valence-corrected chi connectivity index (χ4v) is 2.73. The number of hydrogen-bond acceptors (Lipinski definition) is 2. The van der Waals surface area contributed by atoms with Crippen LogP contribution in [-0.2, 0) is 6.54 Å². The summed E-state index contributed by atoms with van der Waals surface area (Å²) < 4.78 is 5.69. The van der Waals surface area contributed by atoms with E-state index in [2.05, 4.69) is 0 Å². The van der Waals surface area contributed by atoms with E-state index in [0.29, 0.717) is 6.61 Å². The van der Waals surface area contributed by atoms with Crippen molar-refractivity contribution in [2.24, 2.45) is 0 Å². The summed E-state index contributed by atoms with van der Waals surface area (Å²) in [6, 6.07) is 5.82. The molecule has 1 N–H and O–H groups in total. The first kappa shape index (κ1) is 14.1. The maximum absolute atomic E-state index is 11.5. The van der Waals surface area contributed by atoms with Crippen LogP contribution in [0.4, 0.5) is 0 Å². The Kier molecular flexibility index (Phi) is 4.97. The molecule has 1 aromatic carbocycles. The highest BCUT2D eigenvalue weighted by Gasteiger charge is 2.17. The van der Waals surface area contributed by atoms with Crippen LogP contribution >= 0.6 is 0 Å². The van der Waals surface area contributed by atoms with Gasteiger partial charge < -0.3 is 9.64 Å². The molecule has 0 aromatic heterocycles. The Morgan fingerprint density at radius 1 is 1.26 bits per heavy atom. The number of rotatable bonds is 5. The van der Waals surface area contributed by atoms with E-state index in [9.17, 15) is 4.79 Å². The van der Waals surface area contributed by atoms with E-state index in [0.717, 1.165) is 17.9 Å².